The van der Waals surface area contributed by atoms with E-state index in [1.807, 2.05) is 0 Å². The minimum Gasteiger partial charge on any atom is -0.324 e. The van der Waals surface area contributed by atoms with Gasteiger partial charge in [0.1, 0.15) is 13.1 Å². The standard InChI is InChI=1S/C17H15F3N6O2/c18-17(19,20)12-3-1-4-13(7-12)23-16(28)11-26-9-14(8-22-26)24-15(27)10-25-6-2-5-21-25/h1-9H,10-11H2,(H,23,28)(H,24,27). The predicted molar refractivity (Wildman–Crippen MR) is 93.2 cm³/mol. The Morgan fingerprint density at radius 1 is 0.964 bits per heavy atom. The largest absolute Gasteiger partial charge is 0.416 e. The molecule has 0 radical (unpaired) electrons. The van der Waals surface area contributed by atoms with Crippen molar-refractivity contribution in [1.82, 2.24) is 19.6 Å². The monoisotopic (exact) mass is 392 g/mol. The summed E-state index contributed by atoms with van der Waals surface area (Å²) in [5, 5.41) is 12.9. The highest BCUT2D eigenvalue weighted by atomic mass is 19.4. The Labute approximate surface area is 157 Å². The molecule has 2 heterocycles. The van der Waals surface area contributed by atoms with Gasteiger partial charge in [-0.3, -0.25) is 19.0 Å². The van der Waals surface area contributed by atoms with E-state index in [9.17, 15) is 22.8 Å². The molecule has 3 aromatic rings. The number of halogens is 3. The second-order valence-corrected chi connectivity index (χ2v) is 5.81. The van der Waals surface area contributed by atoms with Crippen LogP contribution in [-0.2, 0) is 28.9 Å². The van der Waals surface area contributed by atoms with Gasteiger partial charge in [0.2, 0.25) is 11.8 Å². The molecule has 0 atom stereocenters. The number of rotatable bonds is 6. The lowest BCUT2D eigenvalue weighted by molar-refractivity contribution is -0.137. The third kappa shape index (κ3) is 5.19. The normalized spacial score (nSPS) is 11.2. The molecule has 0 unspecified atom stereocenters. The average Bonchev–Trinajstić information content (AvgIpc) is 3.26. The molecule has 2 N–H and O–H groups in total. The van der Waals surface area contributed by atoms with Crippen molar-refractivity contribution in [3.63, 3.8) is 0 Å². The van der Waals surface area contributed by atoms with Gasteiger partial charge < -0.3 is 10.6 Å². The Bertz CT molecular complexity index is 965. The lowest BCUT2D eigenvalue weighted by atomic mass is 10.2. The summed E-state index contributed by atoms with van der Waals surface area (Å²) >= 11 is 0. The molecular formula is C17H15F3N6O2. The molecule has 146 valence electrons. The van der Waals surface area contributed by atoms with Crippen LogP contribution in [0.15, 0.2) is 55.1 Å². The first-order valence-electron chi connectivity index (χ1n) is 8.06. The molecule has 0 spiro atoms. The minimum atomic E-state index is -4.49. The fraction of sp³-hybridized carbons (Fsp3) is 0.176. The third-order valence-electron chi connectivity index (χ3n) is 3.56. The van der Waals surface area contributed by atoms with Gasteiger partial charge in [-0.05, 0) is 24.3 Å². The second kappa shape index (κ2) is 7.94. The maximum absolute atomic E-state index is 12.7. The number of nitrogens with one attached hydrogen (secondary N) is 2. The molecule has 3 rings (SSSR count). The summed E-state index contributed by atoms with van der Waals surface area (Å²) in [5.41, 5.74) is -0.449. The van der Waals surface area contributed by atoms with Crippen molar-refractivity contribution >= 4 is 23.2 Å². The summed E-state index contributed by atoms with van der Waals surface area (Å²) in [6, 6.07) is 6.02. The number of alkyl halides is 3. The van der Waals surface area contributed by atoms with Crippen LogP contribution in [0.25, 0.3) is 0 Å². The highest BCUT2D eigenvalue weighted by Crippen LogP contribution is 2.30. The van der Waals surface area contributed by atoms with Crippen molar-refractivity contribution in [3.8, 4) is 0 Å². The molecule has 0 saturated heterocycles. The van der Waals surface area contributed by atoms with E-state index in [0.717, 1.165) is 12.1 Å². The van der Waals surface area contributed by atoms with Crippen molar-refractivity contribution in [1.29, 1.82) is 0 Å². The zero-order valence-electron chi connectivity index (χ0n) is 14.3. The lowest BCUT2D eigenvalue weighted by Crippen LogP contribution is -2.20. The van der Waals surface area contributed by atoms with Gasteiger partial charge in [0.15, 0.2) is 0 Å². The highest BCUT2D eigenvalue weighted by Gasteiger charge is 2.30. The Balaban J connectivity index is 1.54. The fourth-order valence-corrected chi connectivity index (χ4v) is 2.38. The number of nitrogens with zero attached hydrogens (tertiary/aromatic N) is 4. The number of benzene rings is 1. The van der Waals surface area contributed by atoms with Crippen LogP contribution in [0.4, 0.5) is 24.5 Å². The van der Waals surface area contributed by atoms with E-state index in [-0.39, 0.29) is 24.7 Å². The minimum absolute atomic E-state index is 0.0220. The van der Waals surface area contributed by atoms with Crippen molar-refractivity contribution < 1.29 is 22.8 Å². The SMILES string of the molecule is O=C(Cn1cccn1)Nc1cnn(CC(=O)Nc2cccc(C(F)(F)F)c2)c1. The number of hydrogen-bond donors (Lipinski definition) is 2. The number of carbonyl (C=O) groups excluding carboxylic acids is 2. The summed E-state index contributed by atoms with van der Waals surface area (Å²) in [6.07, 6.45) is 1.49. The van der Waals surface area contributed by atoms with Crippen molar-refractivity contribution in [2.24, 2.45) is 0 Å². The van der Waals surface area contributed by atoms with E-state index in [1.165, 1.54) is 33.9 Å². The molecule has 0 aliphatic carbocycles. The first kappa shape index (κ1) is 19.1. The molecule has 8 nitrogen and oxygen atoms in total. The molecule has 0 aliphatic heterocycles. The van der Waals surface area contributed by atoms with Crippen LogP contribution < -0.4 is 10.6 Å². The van der Waals surface area contributed by atoms with Crippen LogP contribution >= 0.6 is 0 Å². The Kier molecular flexibility index (Phi) is 5.43. The van der Waals surface area contributed by atoms with Crippen molar-refractivity contribution in [2.75, 3.05) is 10.6 Å². The first-order chi connectivity index (χ1) is 13.3. The summed E-state index contributed by atoms with van der Waals surface area (Å²) in [5.74, 6) is -0.881. The molecule has 1 aromatic carbocycles. The van der Waals surface area contributed by atoms with Crippen LogP contribution in [0.3, 0.4) is 0 Å². The van der Waals surface area contributed by atoms with Gasteiger partial charge in [-0.1, -0.05) is 6.07 Å². The van der Waals surface area contributed by atoms with Crippen LogP contribution in [0, 0.1) is 0 Å². The van der Waals surface area contributed by atoms with Gasteiger partial charge in [0.25, 0.3) is 0 Å². The Hall–Kier alpha value is -3.63. The Morgan fingerprint density at radius 2 is 1.68 bits per heavy atom. The van der Waals surface area contributed by atoms with Crippen LogP contribution in [0.2, 0.25) is 0 Å². The third-order valence-corrected chi connectivity index (χ3v) is 3.56. The molecular weight excluding hydrogens is 377 g/mol. The smallest absolute Gasteiger partial charge is 0.324 e. The maximum Gasteiger partial charge on any atom is 0.416 e. The van der Waals surface area contributed by atoms with E-state index in [4.69, 9.17) is 0 Å². The van der Waals surface area contributed by atoms with Crippen LogP contribution in [-0.4, -0.2) is 31.4 Å². The molecule has 28 heavy (non-hydrogen) atoms. The highest BCUT2D eigenvalue weighted by molar-refractivity contribution is 5.91. The Morgan fingerprint density at radius 3 is 2.36 bits per heavy atom. The molecule has 0 bridgehead atoms. The summed E-state index contributed by atoms with van der Waals surface area (Å²) in [4.78, 5) is 23.9. The van der Waals surface area contributed by atoms with Gasteiger partial charge in [0.05, 0.1) is 17.4 Å². The average molecular weight is 392 g/mol. The van der Waals surface area contributed by atoms with Gasteiger partial charge >= 0.3 is 6.18 Å². The second-order valence-electron chi connectivity index (χ2n) is 5.81. The summed E-state index contributed by atoms with van der Waals surface area (Å²) in [7, 11) is 0. The summed E-state index contributed by atoms with van der Waals surface area (Å²) in [6.45, 7) is -0.209. The molecule has 2 aromatic heterocycles. The van der Waals surface area contributed by atoms with E-state index >= 15 is 0 Å². The van der Waals surface area contributed by atoms with Crippen LogP contribution in [0.1, 0.15) is 5.56 Å². The molecule has 0 saturated carbocycles. The van der Waals surface area contributed by atoms with Gasteiger partial charge in [0, 0.05) is 24.3 Å². The first-order valence-corrected chi connectivity index (χ1v) is 8.06. The number of aromatic nitrogens is 4. The van der Waals surface area contributed by atoms with E-state index in [0.29, 0.717) is 5.69 Å². The van der Waals surface area contributed by atoms with Crippen molar-refractivity contribution in [3.05, 3.63) is 60.7 Å². The topological polar surface area (TPSA) is 93.8 Å². The molecule has 11 heteroatoms. The van der Waals surface area contributed by atoms with Crippen LogP contribution in [0.5, 0.6) is 0 Å². The maximum atomic E-state index is 12.7. The lowest BCUT2D eigenvalue weighted by Gasteiger charge is -2.10. The quantitative estimate of drug-likeness (QED) is 0.674. The number of carbonyl (C=O) groups is 2. The van der Waals surface area contributed by atoms with Gasteiger partial charge in [-0.15, -0.1) is 0 Å². The van der Waals surface area contributed by atoms with Crippen molar-refractivity contribution in [2.45, 2.75) is 19.3 Å². The van der Waals surface area contributed by atoms with E-state index in [1.54, 1.807) is 18.5 Å². The van der Waals surface area contributed by atoms with Gasteiger partial charge in [-0.2, -0.15) is 23.4 Å². The molecule has 2 amide bonds. The van der Waals surface area contributed by atoms with Gasteiger partial charge in [-0.25, -0.2) is 0 Å². The number of anilines is 2. The van der Waals surface area contributed by atoms with E-state index < -0.39 is 17.6 Å². The predicted octanol–water partition coefficient (Wildman–Crippen LogP) is 2.38. The number of amides is 2. The zero-order valence-corrected chi connectivity index (χ0v) is 14.3. The zero-order chi connectivity index (χ0) is 20.1. The summed E-state index contributed by atoms with van der Waals surface area (Å²) < 4.78 is 40.8. The van der Waals surface area contributed by atoms with E-state index in [2.05, 4.69) is 20.8 Å². The molecule has 0 aliphatic rings. The fourth-order valence-electron chi connectivity index (χ4n) is 2.38. The number of hydrogen-bond acceptors (Lipinski definition) is 4. The molecule has 0 fully saturated rings.